The number of aromatic amines is 1. The molecule has 0 fully saturated rings. The van der Waals surface area contributed by atoms with Crippen LogP contribution in [0.4, 0.5) is 5.82 Å². The summed E-state index contributed by atoms with van der Waals surface area (Å²) in [6.07, 6.45) is 2.72. The first-order chi connectivity index (χ1) is 9.13. The molecule has 0 bridgehead atoms. The third-order valence-electron chi connectivity index (χ3n) is 2.83. The van der Waals surface area contributed by atoms with E-state index in [-0.39, 0.29) is 5.56 Å². The maximum atomic E-state index is 11.8. The molecule has 0 aliphatic heterocycles. The second-order valence-electron chi connectivity index (χ2n) is 4.12. The standard InChI is InChI=1S/C13H16N4O2/c1-3-9-12(14)16-10(17-13(9)18)6-8-4-5-11(19-2)15-7-8/h4-5,7H,3,6H2,1-2H3,(H3,14,16,17,18). The molecule has 0 atom stereocenters. The van der Waals surface area contributed by atoms with Gasteiger partial charge in [0.05, 0.1) is 12.7 Å². The topological polar surface area (TPSA) is 93.9 Å². The molecule has 0 aliphatic carbocycles. The van der Waals surface area contributed by atoms with Crippen molar-refractivity contribution in [2.45, 2.75) is 19.8 Å². The summed E-state index contributed by atoms with van der Waals surface area (Å²) >= 11 is 0. The van der Waals surface area contributed by atoms with E-state index >= 15 is 0 Å². The summed E-state index contributed by atoms with van der Waals surface area (Å²) < 4.78 is 4.98. The Morgan fingerprint density at radius 1 is 1.42 bits per heavy atom. The second-order valence-corrected chi connectivity index (χ2v) is 4.12. The molecular weight excluding hydrogens is 244 g/mol. The second kappa shape index (κ2) is 5.51. The zero-order chi connectivity index (χ0) is 13.8. The molecule has 2 rings (SSSR count). The third-order valence-corrected chi connectivity index (χ3v) is 2.83. The van der Waals surface area contributed by atoms with E-state index in [4.69, 9.17) is 10.5 Å². The van der Waals surface area contributed by atoms with Crippen LogP contribution in [0.3, 0.4) is 0 Å². The molecule has 0 amide bonds. The molecule has 6 nitrogen and oxygen atoms in total. The van der Waals surface area contributed by atoms with E-state index in [1.165, 1.54) is 0 Å². The normalized spacial score (nSPS) is 10.4. The molecule has 2 heterocycles. The molecule has 6 heteroatoms. The Labute approximate surface area is 110 Å². The largest absolute Gasteiger partial charge is 0.481 e. The van der Waals surface area contributed by atoms with E-state index in [0.29, 0.717) is 35.9 Å². The monoisotopic (exact) mass is 260 g/mol. The van der Waals surface area contributed by atoms with Gasteiger partial charge in [0.1, 0.15) is 11.6 Å². The minimum Gasteiger partial charge on any atom is -0.481 e. The highest BCUT2D eigenvalue weighted by Crippen LogP contribution is 2.10. The Morgan fingerprint density at radius 2 is 2.21 bits per heavy atom. The first kappa shape index (κ1) is 13.1. The van der Waals surface area contributed by atoms with Crippen LogP contribution in [0.25, 0.3) is 0 Å². The highest BCUT2D eigenvalue weighted by atomic mass is 16.5. The fourth-order valence-corrected chi connectivity index (χ4v) is 1.82. The number of hydrogen-bond acceptors (Lipinski definition) is 5. The average molecular weight is 260 g/mol. The average Bonchev–Trinajstić information content (AvgIpc) is 2.39. The summed E-state index contributed by atoms with van der Waals surface area (Å²) in [6.45, 7) is 1.87. The Bertz CT molecular complexity index is 620. The van der Waals surface area contributed by atoms with Crippen molar-refractivity contribution in [1.29, 1.82) is 0 Å². The molecule has 19 heavy (non-hydrogen) atoms. The predicted molar refractivity (Wildman–Crippen MR) is 72.2 cm³/mol. The van der Waals surface area contributed by atoms with Crippen molar-refractivity contribution in [3.05, 3.63) is 45.6 Å². The van der Waals surface area contributed by atoms with Gasteiger partial charge in [-0.2, -0.15) is 0 Å². The van der Waals surface area contributed by atoms with Crippen LogP contribution in [0.2, 0.25) is 0 Å². The number of H-pyrrole nitrogens is 1. The van der Waals surface area contributed by atoms with Crippen molar-refractivity contribution < 1.29 is 4.74 Å². The molecule has 2 aromatic rings. The van der Waals surface area contributed by atoms with Crippen LogP contribution in [0.15, 0.2) is 23.1 Å². The van der Waals surface area contributed by atoms with Gasteiger partial charge >= 0.3 is 0 Å². The van der Waals surface area contributed by atoms with Gasteiger partial charge in [0.2, 0.25) is 5.88 Å². The number of ether oxygens (including phenoxy) is 1. The minimum atomic E-state index is -0.175. The molecule has 2 aromatic heterocycles. The van der Waals surface area contributed by atoms with E-state index in [2.05, 4.69) is 15.0 Å². The van der Waals surface area contributed by atoms with E-state index < -0.39 is 0 Å². The number of nitrogens with zero attached hydrogens (tertiary/aromatic N) is 2. The summed E-state index contributed by atoms with van der Waals surface area (Å²) in [7, 11) is 1.56. The molecule has 0 saturated heterocycles. The summed E-state index contributed by atoms with van der Waals surface area (Å²) in [6, 6.07) is 3.63. The first-order valence-corrected chi connectivity index (χ1v) is 6.00. The molecule has 0 unspecified atom stereocenters. The Morgan fingerprint density at radius 3 is 2.74 bits per heavy atom. The number of nitrogens with two attached hydrogens (primary N) is 1. The maximum Gasteiger partial charge on any atom is 0.256 e. The van der Waals surface area contributed by atoms with E-state index in [1.54, 1.807) is 19.4 Å². The number of methoxy groups -OCH3 is 1. The lowest BCUT2D eigenvalue weighted by atomic mass is 10.2. The van der Waals surface area contributed by atoms with Gasteiger partial charge in [0.15, 0.2) is 0 Å². The molecular formula is C13H16N4O2. The van der Waals surface area contributed by atoms with E-state index in [0.717, 1.165) is 5.56 Å². The summed E-state index contributed by atoms with van der Waals surface area (Å²) in [5.41, 5.74) is 7.04. The number of nitrogen functional groups attached to an aromatic ring is 1. The zero-order valence-corrected chi connectivity index (χ0v) is 10.9. The number of hydrogen-bond donors (Lipinski definition) is 2. The summed E-state index contributed by atoms with van der Waals surface area (Å²) in [5.74, 6) is 1.38. The van der Waals surface area contributed by atoms with Crippen molar-refractivity contribution in [2.75, 3.05) is 12.8 Å². The van der Waals surface area contributed by atoms with Crippen molar-refractivity contribution in [3.63, 3.8) is 0 Å². The first-order valence-electron chi connectivity index (χ1n) is 6.00. The van der Waals surface area contributed by atoms with Gasteiger partial charge in [0, 0.05) is 18.7 Å². The Kier molecular flexibility index (Phi) is 3.79. The fourth-order valence-electron chi connectivity index (χ4n) is 1.82. The zero-order valence-electron chi connectivity index (χ0n) is 10.9. The molecule has 100 valence electrons. The van der Waals surface area contributed by atoms with E-state index in [9.17, 15) is 4.79 Å². The van der Waals surface area contributed by atoms with Crippen molar-refractivity contribution in [1.82, 2.24) is 15.0 Å². The molecule has 3 N–H and O–H groups in total. The lowest BCUT2D eigenvalue weighted by Crippen LogP contribution is -2.19. The predicted octanol–water partition coefficient (Wildman–Crippen LogP) is 0.909. The van der Waals surface area contributed by atoms with Gasteiger partial charge in [-0.25, -0.2) is 9.97 Å². The number of aromatic nitrogens is 3. The fraction of sp³-hybridized carbons (Fsp3) is 0.308. The van der Waals surface area contributed by atoms with E-state index in [1.807, 2.05) is 13.0 Å². The van der Waals surface area contributed by atoms with Gasteiger partial charge < -0.3 is 15.5 Å². The van der Waals surface area contributed by atoms with Crippen LogP contribution in [0.1, 0.15) is 23.9 Å². The Hall–Kier alpha value is -2.37. The Balaban J connectivity index is 2.25. The van der Waals surface area contributed by atoms with Gasteiger partial charge in [-0.05, 0) is 12.0 Å². The molecule has 0 aromatic carbocycles. The van der Waals surface area contributed by atoms with Crippen molar-refractivity contribution in [3.8, 4) is 5.88 Å². The summed E-state index contributed by atoms with van der Waals surface area (Å²) in [4.78, 5) is 22.8. The third kappa shape index (κ3) is 2.90. The van der Waals surface area contributed by atoms with Crippen LogP contribution in [-0.4, -0.2) is 22.1 Å². The van der Waals surface area contributed by atoms with Gasteiger partial charge in [-0.3, -0.25) is 4.79 Å². The van der Waals surface area contributed by atoms with Crippen LogP contribution in [0.5, 0.6) is 5.88 Å². The number of anilines is 1. The van der Waals surface area contributed by atoms with Gasteiger partial charge in [-0.15, -0.1) is 0 Å². The van der Waals surface area contributed by atoms with Crippen molar-refractivity contribution in [2.24, 2.45) is 0 Å². The highest BCUT2D eigenvalue weighted by molar-refractivity contribution is 5.38. The van der Waals surface area contributed by atoms with Crippen molar-refractivity contribution >= 4 is 5.82 Å². The van der Waals surface area contributed by atoms with Gasteiger partial charge in [-0.1, -0.05) is 13.0 Å². The minimum absolute atomic E-state index is 0.175. The molecule has 0 spiro atoms. The van der Waals surface area contributed by atoms with Gasteiger partial charge in [0.25, 0.3) is 5.56 Å². The molecule has 0 radical (unpaired) electrons. The number of pyridine rings is 1. The highest BCUT2D eigenvalue weighted by Gasteiger charge is 2.07. The van der Waals surface area contributed by atoms with Crippen LogP contribution in [-0.2, 0) is 12.8 Å². The maximum absolute atomic E-state index is 11.8. The SMILES string of the molecule is CCc1c(N)nc(Cc2ccc(OC)nc2)[nH]c1=O. The quantitative estimate of drug-likeness (QED) is 0.852. The van der Waals surface area contributed by atoms with Crippen LogP contribution >= 0.6 is 0 Å². The lowest BCUT2D eigenvalue weighted by Gasteiger charge is -2.06. The summed E-state index contributed by atoms with van der Waals surface area (Å²) in [5, 5.41) is 0. The number of rotatable bonds is 4. The van der Waals surface area contributed by atoms with Crippen LogP contribution < -0.4 is 16.0 Å². The number of nitrogens with one attached hydrogen (secondary N) is 1. The molecule has 0 saturated carbocycles. The van der Waals surface area contributed by atoms with Crippen LogP contribution in [0, 0.1) is 0 Å². The smallest absolute Gasteiger partial charge is 0.256 e. The molecule has 0 aliphatic rings. The lowest BCUT2D eigenvalue weighted by molar-refractivity contribution is 0.397.